The number of aryl methyl sites for hydroxylation is 3. The Balaban J connectivity index is 2.39. The molecule has 0 unspecified atom stereocenters. The fourth-order valence-electron chi connectivity index (χ4n) is 2.48. The molecule has 0 saturated heterocycles. The molecule has 5 nitrogen and oxygen atoms in total. The van der Waals surface area contributed by atoms with Crippen LogP contribution in [0.5, 0.6) is 0 Å². The summed E-state index contributed by atoms with van der Waals surface area (Å²) >= 11 is 0. The predicted molar refractivity (Wildman–Crippen MR) is 83.4 cm³/mol. The highest BCUT2D eigenvalue weighted by Crippen LogP contribution is 2.24. The van der Waals surface area contributed by atoms with Gasteiger partial charge in [0, 0.05) is 18.3 Å². The second-order valence-corrected chi connectivity index (χ2v) is 5.50. The normalized spacial score (nSPS) is 10.5. The van der Waals surface area contributed by atoms with Crippen molar-refractivity contribution in [2.75, 3.05) is 11.9 Å². The Morgan fingerprint density at radius 2 is 1.73 bits per heavy atom. The van der Waals surface area contributed by atoms with Crippen molar-refractivity contribution in [1.29, 1.82) is 0 Å². The Kier molecular flexibility index (Phi) is 4.35. The molecule has 2 rings (SSSR count). The molecule has 0 spiro atoms. The van der Waals surface area contributed by atoms with E-state index in [0.29, 0.717) is 11.1 Å². The van der Waals surface area contributed by atoms with Crippen LogP contribution >= 0.6 is 0 Å². The number of hydrogen-bond acceptors (Lipinski definition) is 3. The van der Waals surface area contributed by atoms with E-state index in [0.717, 1.165) is 16.8 Å². The third kappa shape index (κ3) is 3.19. The molecule has 0 radical (unpaired) electrons. The minimum absolute atomic E-state index is 0.186. The summed E-state index contributed by atoms with van der Waals surface area (Å²) < 4.78 is 5.23. The van der Waals surface area contributed by atoms with Crippen LogP contribution in [0.2, 0.25) is 0 Å². The van der Waals surface area contributed by atoms with Gasteiger partial charge in [0.2, 0.25) is 0 Å². The zero-order valence-electron chi connectivity index (χ0n) is 13.1. The van der Waals surface area contributed by atoms with Crippen molar-refractivity contribution in [2.45, 2.75) is 27.2 Å². The average Bonchev–Trinajstić information content (AvgIpc) is 2.76. The number of benzene rings is 1. The molecule has 0 atom stereocenters. The van der Waals surface area contributed by atoms with Gasteiger partial charge in [0.15, 0.2) is 0 Å². The fourth-order valence-corrected chi connectivity index (χ4v) is 2.48. The number of nitrogens with zero attached hydrogens (tertiary/aromatic N) is 1. The van der Waals surface area contributed by atoms with Gasteiger partial charge < -0.3 is 14.4 Å². The van der Waals surface area contributed by atoms with Crippen molar-refractivity contribution < 1.29 is 19.1 Å². The lowest BCUT2D eigenvalue weighted by molar-refractivity contribution is -0.136. The average molecular weight is 301 g/mol. The Morgan fingerprint density at radius 3 is 2.27 bits per heavy atom. The number of carbonyl (C=O) groups excluding carboxylic acids is 1. The summed E-state index contributed by atoms with van der Waals surface area (Å²) in [4.78, 5) is 25.1. The van der Waals surface area contributed by atoms with Crippen LogP contribution in [0.1, 0.15) is 32.8 Å². The second kappa shape index (κ2) is 6.05. The van der Waals surface area contributed by atoms with E-state index >= 15 is 0 Å². The third-order valence-corrected chi connectivity index (χ3v) is 3.48. The maximum Gasteiger partial charge on any atom is 0.311 e. The van der Waals surface area contributed by atoms with Gasteiger partial charge in [-0.15, -0.1) is 0 Å². The summed E-state index contributed by atoms with van der Waals surface area (Å²) in [6.07, 6.45) is 1.11. The molecule has 1 heterocycles. The van der Waals surface area contributed by atoms with E-state index in [1.165, 1.54) is 11.2 Å². The fraction of sp³-hybridized carbons (Fsp3) is 0.294. The highest BCUT2D eigenvalue weighted by molar-refractivity contribution is 6.07. The standard InChI is InChI=1S/C17H19NO4/c1-10-5-11(2)7-13(6-10)18(4)17(21)16-12(3)9-22-14(16)8-15(19)20/h5-7,9H,8H2,1-4H3,(H,19,20). The summed E-state index contributed by atoms with van der Waals surface area (Å²) in [5.74, 6) is -1.11. The molecule has 5 heteroatoms. The van der Waals surface area contributed by atoms with Crippen LogP contribution in [0.15, 0.2) is 28.9 Å². The molecule has 22 heavy (non-hydrogen) atoms. The third-order valence-electron chi connectivity index (χ3n) is 3.48. The lowest BCUT2D eigenvalue weighted by atomic mass is 10.1. The number of rotatable bonds is 4. The highest BCUT2D eigenvalue weighted by atomic mass is 16.4. The van der Waals surface area contributed by atoms with Crippen LogP contribution in [0.3, 0.4) is 0 Å². The lowest BCUT2D eigenvalue weighted by Gasteiger charge is -2.19. The van der Waals surface area contributed by atoms with E-state index in [2.05, 4.69) is 0 Å². The van der Waals surface area contributed by atoms with Crippen molar-refractivity contribution in [2.24, 2.45) is 0 Å². The van der Waals surface area contributed by atoms with E-state index < -0.39 is 5.97 Å². The molecule has 0 saturated carbocycles. The number of carboxylic acids is 1. The monoisotopic (exact) mass is 301 g/mol. The molecule has 0 bridgehead atoms. The van der Waals surface area contributed by atoms with Gasteiger partial charge in [-0.25, -0.2) is 0 Å². The molecule has 0 aliphatic heterocycles. The summed E-state index contributed by atoms with van der Waals surface area (Å²) in [6, 6.07) is 5.86. The first kappa shape index (κ1) is 15.8. The van der Waals surface area contributed by atoms with E-state index in [1.807, 2.05) is 32.0 Å². The molecule has 1 aromatic carbocycles. The van der Waals surface area contributed by atoms with Gasteiger partial charge in [-0.3, -0.25) is 9.59 Å². The zero-order chi connectivity index (χ0) is 16.4. The Hall–Kier alpha value is -2.56. The summed E-state index contributed by atoms with van der Waals surface area (Å²) in [6.45, 7) is 5.67. The molecule has 0 fully saturated rings. The number of amides is 1. The van der Waals surface area contributed by atoms with Crippen molar-refractivity contribution >= 4 is 17.6 Å². The minimum atomic E-state index is -1.03. The zero-order valence-corrected chi connectivity index (χ0v) is 13.1. The molecule has 0 aliphatic rings. The largest absolute Gasteiger partial charge is 0.481 e. The number of hydrogen-bond donors (Lipinski definition) is 1. The molecule has 1 amide bonds. The van der Waals surface area contributed by atoms with Gasteiger partial charge in [-0.1, -0.05) is 6.07 Å². The highest BCUT2D eigenvalue weighted by Gasteiger charge is 2.24. The van der Waals surface area contributed by atoms with Crippen LogP contribution in [0.4, 0.5) is 5.69 Å². The first-order valence-electron chi connectivity index (χ1n) is 6.94. The first-order valence-corrected chi connectivity index (χ1v) is 6.94. The molecular formula is C17H19NO4. The SMILES string of the molecule is Cc1cc(C)cc(N(C)C(=O)c2c(C)coc2CC(=O)O)c1. The van der Waals surface area contributed by atoms with Gasteiger partial charge in [-0.2, -0.15) is 0 Å². The number of anilines is 1. The van der Waals surface area contributed by atoms with Crippen LogP contribution in [-0.2, 0) is 11.2 Å². The predicted octanol–water partition coefficient (Wildman–Crippen LogP) is 3.11. The van der Waals surface area contributed by atoms with Gasteiger partial charge in [0.05, 0.1) is 11.8 Å². The Morgan fingerprint density at radius 1 is 1.14 bits per heavy atom. The van der Waals surface area contributed by atoms with Crippen LogP contribution in [0.25, 0.3) is 0 Å². The van der Waals surface area contributed by atoms with Gasteiger partial charge >= 0.3 is 5.97 Å². The maximum absolute atomic E-state index is 12.7. The maximum atomic E-state index is 12.7. The number of carboxylic acid groups (broad SMARTS) is 1. The van der Waals surface area contributed by atoms with Gasteiger partial charge in [-0.05, 0) is 44.0 Å². The van der Waals surface area contributed by atoms with Crippen LogP contribution < -0.4 is 4.90 Å². The Labute approximate surface area is 129 Å². The number of furan rings is 1. The van der Waals surface area contributed by atoms with E-state index in [9.17, 15) is 9.59 Å². The molecule has 0 aliphatic carbocycles. The number of aliphatic carboxylic acids is 1. The van der Waals surface area contributed by atoms with Gasteiger partial charge in [0.25, 0.3) is 5.91 Å². The first-order chi connectivity index (χ1) is 10.3. The summed E-state index contributed by atoms with van der Waals surface area (Å²) in [5, 5.41) is 8.93. The quantitative estimate of drug-likeness (QED) is 0.942. The van der Waals surface area contributed by atoms with Crippen LogP contribution in [0, 0.1) is 20.8 Å². The van der Waals surface area contributed by atoms with Crippen molar-refractivity contribution in [3.8, 4) is 0 Å². The van der Waals surface area contributed by atoms with E-state index in [1.54, 1.807) is 14.0 Å². The topological polar surface area (TPSA) is 70.8 Å². The summed E-state index contributed by atoms with van der Waals surface area (Å²) in [5.41, 5.74) is 3.85. The van der Waals surface area contributed by atoms with E-state index in [4.69, 9.17) is 9.52 Å². The molecular weight excluding hydrogens is 282 g/mol. The van der Waals surface area contributed by atoms with Gasteiger partial charge in [0.1, 0.15) is 12.2 Å². The lowest BCUT2D eigenvalue weighted by Crippen LogP contribution is -2.27. The molecule has 2 aromatic rings. The van der Waals surface area contributed by atoms with Crippen LogP contribution in [-0.4, -0.2) is 24.0 Å². The minimum Gasteiger partial charge on any atom is -0.481 e. The van der Waals surface area contributed by atoms with Crippen molar-refractivity contribution in [3.63, 3.8) is 0 Å². The Bertz CT molecular complexity index is 710. The molecule has 1 aromatic heterocycles. The summed E-state index contributed by atoms with van der Waals surface area (Å²) in [7, 11) is 1.67. The molecule has 116 valence electrons. The number of carbonyl (C=O) groups is 2. The van der Waals surface area contributed by atoms with Crippen molar-refractivity contribution in [1.82, 2.24) is 0 Å². The van der Waals surface area contributed by atoms with Crippen molar-refractivity contribution in [3.05, 3.63) is 52.5 Å². The second-order valence-electron chi connectivity index (χ2n) is 5.50. The smallest absolute Gasteiger partial charge is 0.311 e. The van der Waals surface area contributed by atoms with E-state index in [-0.39, 0.29) is 18.1 Å². The molecule has 1 N–H and O–H groups in total.